The minimum absolute atomic E-state index is 0.164. The number of ether oxygens (including phenoxy) is 4. The van der Waals surface area contributed by atoms with Crippen LogP contribution >= 0.6 is 0 Å². The van der Waals surface area contributed by atoms with E-state index < -0.39 is 11.9 Å². The number of carbonyl (C=O) groups excluding carboxylic acids is 1. The number of carbonyl (C=O) groups is 1. The number of allylic oxidation sites excluding steroid dienone is 5. The minimum atomic E-state index is -0.719. The molecule has 5 heteroatoms. The first-order valence-electron chi connectivity index (χ1n) is 8.63. The van der Waals surface area contributed by atoms with Crippen molar-refractivity contribution in [3.8, 4) is 0 Å². The summed E-state index contributed by atoms with van der Waals surface area (Å²) in [5, 5.41) is 0. The maximum absolute atomic E-state index is 11.5. The Morgan fingerprint density at radius 3 is 2.72 bits per heavy atom. The van der Waals surface area contributed by atoms with Crippen molar-refractivity contribution >= 4 is 6.16 Å². The second kappa shape index (κ2) is 6.46. The highest BCUT2D eigenvalue weighted by Crippen LogP contribution is 2.57. The largest absolute Gasteiger partial charge is 0.513 e. The van der Waals surface area contributed by atoms with Gasteiger partial charge < -0.3 is 18.9 Å². The van der Waals surface area contributed by atoms with E-state index in [9.17, 15) is 4.79 Å². The molecule has 0 aromatic rings. The third kappa shape index (κ3) is 3.07. The smallest absolute Gasteiger partial charge is 0.437 e. The Bertz CT molecular complexity index is 653. The van der Waals surface area contributed by atoms with Crippen LogP contribution in [0, 0.1) is 10.8 Å². The van der Waals surface area contributed by atoms with Crippen molar-refractivity contribution in [1.29, 1.82) is 0 Å². The van der Waals surface area contributed by atoms with Gasteiger partial charge in [0, 0.05) is 17.3 Å². The lowest BCUT2D eigenvalue weighted by Crippen LogP contribution is -2.53. The topological polar surface area (TPSA) is 54.0 Å². The van der Waals surface area contributed by atoms with E-state index in [-0.39, 0.29) is 10.8 Å². The summed E-state index contributed by atoms with van der Waals surface area (Å²) in [6, 6.07) is 0. The average molecular weight is 346 g/mol. The molecular formula is C20H26O5. The standard InChI is InChI=1S/C20H26O5/c1-5-8-19(3)13-15-12-16(25-17(21)22-4)7-6-9-18(15,2)14-20(19)23-10-11-24-20/h5-7,12-13H,1,8-11,14H2,2-4H3/t18-,19-/m1/s1. The molecule has 0 N–H and O–H groups in total. The molecule has 0 aromatic heterocycles. The zero-order valence-electron chi connectivity index (χ0n) is 15.2. The molecule has 2 atom stereocenters. The van der Waals surface area contributed by atoms with E-state index in [0.29, 0.717) is 19.0 Å². The SMILES string of the molecule is C=CC[C@]1(C)C=C2C=C(OC(=O)OC)C=CC[C@]2(C)CC12OCCO2. The Balaban J connectivity index is 2.04. The van der Waals surface area contributed by atoms with Crippen molar-refractivity contribution in [2.75, 3.05) is 20.3 Å². The fourth-order valence-corrected chi connectivity index (χ4v) is 4.09. The van der Waals surface area contributed by atoms with Crippen LogP contribution in [0.25, 0.3) is 0 Å². The average Bonchev–Trinajstić information content (AvgIpc) is 2.97. The van der Waals surface area contributed by atoms with Gasteiger partial charge in [0.05, 0.1) is 20.3 Å². The molecule has 5 nitrogen and oxygen atoms in total. The van der Waals surface area contributed by atoms with Crippen LogP contribution in [0.4, 0.5) is 4.79 Å². The van der Waals surface area contributed by atoms with E-state index in [1.165, 1.54) is 7.11 Å². The summed E-state index contributed by atoms with van der Waals surface area (Å²) >= 11 is 0. The second-order valence-electron chi connectivity index (χ2n) is 7.41. The van der Waals surface area contributed by atoms with Gasteiger partial charge in [0.25, 0.3) is 0 Å². The molecule has 1 spiro atoms. The Morgan fingerprint density at radius 2 is 2.08 bits per heavy atom. The summed E-state index contributed by atoms with van der Waals surface area (Å²) in [4.78, 5) is 11.5. The van der Waals surface area contributed by atoms with Crippen molar-refractivity contribution in [1.82, 2.24) is 0 Å². The first-order chi connectivity index (χ1) is 11.9. The lowest BCUT2D eigenvalue weighted by molar-refractivity contribution is -0.238. The van der Waals surface area contributed by atoms with E-state index in [4.69, 9.17) is 14.2 Å². The first kappa shape index (κ1) is 18.0. The van der Waals surface area contributed by atoms with Crippen LogP contribution < -0.4 is 0 Å². The van der Waals surface area contributed by atoms with Crippen molar-refractivity contribution in [2.24, 2.45) is 10.8 Å². The zero-order valence-corrected chi connectivity index (χ0v) is 15.2. The molecule has 0 amide bonds. The highest BCUT2D eigenvalue weighted by molar-refractivity contribution is 5.62. The summed E-state index contributed by atoms with van der Waals surface area (Å²) in [5.41, 5.74) is 0.616. The molecule has 25 heavy (non-hydrogen) atoms. The molecule has 0 bridgehead atoms. The third-order valence-corrected chi connectivity index (χ3v) is 5.50. The Kier molecular flexibility index (Phi) is 4.64. The van der Waals surface area contributed by atoms with Crippen molar-refractivity contribution < 1.29 is 23.7 Å². The van der Waals surface area contributed by atoms with Gasteiger partial charge in [-0.25, -0.2) is 4.79 Å². The van der Waals surface area contributed by atoms with Gasteiger partial charge in [0.1, 0.15) is 5.76 Å². The zero-order chi connectivity index (χ0) is 18.1. The molecular weight excluding hydrogens is 320 g/mol. The van der Waals surface area contributed by atoms with Crippen molar-refractivity contribution in [3.05, 3.63) is 48.3 Å². The Hall–Kier alpha value is -1.85. The van der Waals surface area contributed by atoms with Crippen LogP contribution in [0.3, 0.4) is 0 Å². The van der Waals surface area contributed by atoms with Crippen LogP contribution in [0.1, 0.15) is 33.1 Å². The van der Waals surface area contributed by atoms with Crippen molar-refractivity contribution in [3.63, 3.8) is 0 Å². The number of methoxy groups -OCH3 is 1. The van der Waals surface area contributed by atoms with E-state index in [0.717, 1.165) is 24.8 Å². The summed E-state index contributed by atoms with van der Waals surface area (Å²) < 4.78 is 22.1. The van der Waals surface area contributed by atoms with Crippen LogP contribution in [0.5, 0.6) is 0 Å². The molecule has 0 radical (unpaired) electrons. The van der Waals surface area contributed by atoms with Crippen molar-refractivity contribution in [2.45, 2.75) is 38.9 Å². The quantitative estimate of drug-likeness (QED) is 0.564. The molecule has 0 aromatic carbocycles. The van der Waals surface area contributed by atoms with E-state index >= 15 is 0 Å². The second-order valence-corrected chi connectivity index (χ2v) is 7.41. The molecule has 1 fully saturated rings. The Labute approximate surface area is 149 Å². The molecule has 2 aliphatic carbocycles. The summed E-state index contributed by atoms with van der Waals surface area (Å²) in [7, 11) is 1.30. The molecule has 1 heterocycles. The van der Waals surface area contributed by atoms with Gasteiger partial charge in [0.2, 0.25) is 0 Å². The number of rotatable bonds is 3. The minimum Gasteiger partial charge on any atom is -0.437 e. The van der Waals surface area contributed by atoms with Crippen LogP contribution in [-0.4, -0.2) is 32.3 Å². The Morgan fingerprint density at radius 1 is 1.36 bits per heavy atom. The molecule has 3 rings (SSSR count). The fourth-order valence-electron chi connectivity index (χ4n) is 4.09. The van der Waals surface area contributed by atoms with Gasteiger partial charge in [-0.2, -0.15) is 0 Å². The maximum Gasteiger partial charge on any atom is 0.513 e. The van der Waals surface area contributed by atoms with Gasteiger partial charge in [-0.1, -0.05) is 32.1 Å². The highest BCUT2D eigenvalue weighted by atomic mass is 16.7. The van der Waals surface area contributed by atoms with Gasteiger partial charge in [-0.05, 0) is 30.6 Å². The normalized spacial score (nSPS) is 33.1. The molecule has 3 aliphatic rings. The molecule has 0 unspecified atom stereocenters. The third-order valence-electron chi connectivity index (χ3n) is 5.50. The number of hydrogen-bond donors (Lipinski definition) is 0. The lowest BCUT2D eigenvalue weighted by Gasteiger charge is -2.51. The number of hydrogen-bond acceptors (Lipinski definition) is 5. The molecule has 136 valence electrons. The van der Waals surface area contributed by atoms with Gasteiger partial charge in [-0.3, -0.25) is 0 Å². The van der Waals surface area contributed by atoms with E-state index in [1.54, 1.807) is 0 Å². The molecule has 1 aliphatic heterocycles. The van der Waals surface area contributed by atoms with E-state index in [2.05, 4.69) is 31.2 Å². The van der Waals surface area contributed by atoms with Gasteiger partial charge in [0.15, 0.2) is 5.79 Å². The van der Waals surface area contributed by atoms with E-state index in [1.807, 2.05) is 24.3 Å². The number of fused-ring (bicyclic) bond motifs is 1. The molecule has 1 saturated heterocycles. The lowest BCUT2D eigenvalue weighted by atomic mass is 9.60. The van der Waals surface area contributed by atoms with Gasteiger partial charge >= 0.3 is 6.16 Å². The first-order valence-corrected chi connectivity index (χ1v) is 8.63. The van der Waals surface area contributed by atoms with Crippen LogP contribution in [0.2, 0.25) is 0 Å². The van der Waals surface area contributed by atoms with Crippen LogP contribution in [-0.2, 0) is 18.9 Å². The summed E-state index contributed by atoms with van der Waals surface area (Å²) in [5.74, 6) is -0.165. The van der Waals surface area contributed by atoms with Gasteiger partial charge in [-0.15, -0.1) is 6.58 Å². The maximum atomic E-state index is 11.5. The monoisotopic (exact) mass is 346 g/mol. The fraction of sp³-hybridized carbons (Fsp3) is 0.550. The predicted octanol–water partition coefficient (Wildman–Crippen LogP) is 4.28. The molecule has 0 saturated carbocycles. The summed E-state index contributed by atoms with van der Waals surface area (Å²) in [6.07, 6.45) is 11.4. The van der Waals surface area contributed by atoms with Crippen LogP contribution in [0.15, 0.2) is 48.3 Å². The summed E-state index contributed by atoms with van der Waals surface area (Å²) in [6.45, 7) is 9.45. The highest BCUT2D eigenvalue weighted by Gasteiger charge is 2.58. The predicted molar refractivity (Wildman–Crippen MR) is 93.7 cm³/mol.